The second kappa shape index (κ2) is 3.44. The third-order valence-electron chi connectivity index (χ3n) is 3.28. The lowest BCUT2D eigenvalue weighted by molar-refractivity contribution is -0.115. The number of hydrogen-bond donors (Lipinski definition) is 3. The predicted molar refractivity (Wildman–Crippen MR) is 70.7 cm³/mol. The maximum absolute atomic E-state index is 11.3. The van der Waals surface area contributed by atoms with Gasteiger partial charge in [-0.25, -0.2) is 4.98 Å². The largest absolute Gasteiger partial charge is 0.337 e. The first-order valence-electron chi connectivity index (χ1n) is 6.04. The molecule has 0 bridgehead atoms. The fourth-order valence-corrected chi connectivity index (χ4v) is 2.39. The molecule has 94 valence electrons. The second-order valence-corrected chi connectivity index (χ2v) is 4.77. The molecule has 4 rings (SSSR count). The molecule has 0 aliphatic carbocycles. The first kappa shape index (κ1) is 10.3. The van der Waals surface area contributed by atoms with Crippen LogP contribution in [0.5, 0.6) is 0 Å². The molecule has 0 atom stereocenters. The summed E-state index contributed by atoms with van der Waals surface area (Å²) in [6.07, 6.45) is 0.432. The molecule has 3 N–H and O–H groups in total. The number of hydrogen-bond acceptors (Lipinski definition) is 3. The van der Waals surface area contributed by atoms with Crippen molar-refractivity contribution in [2.75, 3.05) is 5.32 Å². The highest BCUT2D eigenvalue weighted by atomic mass is 16.1. The number of imidazole rings is 1. The molecular formula is C13H11N5O. The average Bonchev–Trinajstić information content (AvgIpc) is 3.02. The van der Waals surface area contributed by atoms with Gasteiger partial charge in [-0.1, -0.05) is 0 Å². The Morgan fingerprint density at radius 2 is 2.16 bits per heavy atom. The predicted octanol–water partition coefficient (Wildman–Crippen LogP) is 1.76. The Bertz CT molecular complexity index is 769. The lowest BCUT2D eigenvalue weighted by atomic mass is 10.1. The molecule has 1 aliphatic heterocycles. The number of H-pyrrole nitrogens is 2. The van der Waals surface area contributed by atoms with Gasteiger partial charge in [-0.3, -0.25) is 9.89 Å². The van der Waals surface area contributed by atoms with Crippen LogP contribution in [0.1, 0.15) is 11.3 Å². The van der Waals surface area contributed by atoms with Crippen molar-refractivity contribution in [2.24, 2.45) is 0 Å². The Morgan fingerprint density at radius 1 is 1.26 bits per heavy atom. The van der Waals surface area contributed by atoms with Crippen LogP contribution in [0.15, 0.2) is 18.2 Å². The highest BCUT2D eigenvalue weighted by Crippen LogP contribution is 2.29. The van der Waals surface area contributed by atoms with Crippen LogP contribution < -0.4 is 5.32 Å². The summed E-state index contributed by atoms with van der Waals surface area (Å²) >= 11 is 0. The molecular weight excluding hydrogens is 242 g/mol. The van der Waals surface area contributed by atoms with Crippen LogP contribution in [-0.2, 0) is 11.2 Å². The van der Waals surface area contributed by atoms with E-state index in [-0.39, 0.29) is 5.91 Å². The highest BCUT2D eigenvalue weighted by molar-refractivity contribution is 6.02. The number of fused-ring (bicyclic) bond motifs is 2. The van der Waals surface area contributed by atoms with Gasteiger partial charge in [0.05, 0.1) is 17.5 Å². The van der Waals surface area contributed by atoms with E-state index in [2.05, 4.69) is 25.5 Å². The summed E-state index contributed by atoms with van der Waals surface area (Å²) < 4.78 is 0. The molecule has 0 fully saturated rings. The summed E-state index contributed by atoms with van der Waals surface area (Å²) in [5, 5.41) is 9.91. The topological polar surface area (TPSA) is 86.5 Å². The maximum Gasteiger partial charge on any atom is 0.228 e. The highest BCUT2D eigenvalue weighted by Gasteiger charge is 2.19. The molecule has 0 radical (unpaired) electrons. The van der Waals surface area contributed by atoms with E-state index < -0.39 is 0 Å². The van der Waals surface area contributed by atoms with Gasteiger partial charge in [0.2, 0.25) is 5.91 Å². The molecule has 1 aromatic carbocycles. The van der Waals surface area contributed by atoms with Gasteiger partial charge in [0, 0.05) is 11.4 Å². The first-order chi connectivity index (χ1) is 9.19. The van der Waals surface area contributed by atoms with E-state index >= 15 is 0 Å². The van der Waals surface area contributed by atoms with Gasteiger partial charge in [-0.2, -0.15) is 5.10 Å². The summed E-state index contributed by atoms with van der Waals surface area (Å²) in [7, 11) is 0. The Balaban J connectivity index is 1.87. The molecule has 0 saturated carbocycles. The molecule has 1 aliphatic rings. The molecule has 6 nitrogen and oxygen atoms in total. The number of rotatable bonds is 1. The monoisotopic (exact) mass is 253 g/mol. The van der Waals surface area contributed by atoms with Gasteiger partial charge in [-0.05, 0) is 30.7 Å². The number of carbonyl (C=O) groups excluding carboxylic acids is 1. The summed E-state index contributed by atoms with van der Waals surface area (Å²) in [6.45, 7) is 1.95. The van der Waals surface area contributed by atoms with Crippen LogP contribution in [0.3, 0.4) is 0 Å². The fraction of sp³-hybridized carbons (Fsp3) is 0.154. The lowest BCUT2D eigenvalue weighted by Gasteiger charge is -1.96. The molecule has 0 saturated heterocycles. The van der Waals surface area contributed by atoms with E-state index in [4.69, 9.17) is 0 Å². The molecule has 0 unspecified atom stereocenters. The Morgan fingerprint density at radius 3 is 2.95 bits per heavy atom. The number of anilines is 1. The van der Waals surface area contributed by atoms with E-state index in [9.17, 15) is 4.79 Å². The minimum absolute atomic E-state index is 0.0332. The van der Waals surface area contributed by atoms with Gasteiger partial charge in [0.15, 0.2) is 5.82 Å². The number of aromatic amines is 2. The van der Waals surface area contributed by atoms with Gasteiger partial charge in [-0.15, -0.1) is 0 Å². The minimum atomic E-state index is 0.0332. The quantitative estimate of drug-likeness (QED) is 0.617. The van der Waals surface area contributed by atoms with Crippen LogP contribution >= 0.6 is 0 Å². The zero-order valence-corrected chi connectivity index (χ0v) is 10.2. The van der Waals surface area contributed by atoms with Crippen molar-refractivity contribution >= 4 is 22.6 Å². The molecule has 19 heavy (non-hydrogen) atoms. The molecule has 3 heterocycles. The van der Waals surface area contributed by atoms with E-state index in [0.717, 1.165) is 39.5 Å². The van der Waals surface area contributed by atoms with Crippen LogP contribution in [0.25, 0.3) is 22.6 Å². The van der Waals surface area contributed by atoms with Crippen LogP contribution in [0.4, 0.5) is 5.69 Å². The maximum atomic E-state index is 11.3. The van der Waals surface area contributed by atoms with Gasteiger partial charge < -0.3 is 10.3 Å². The molecule has 2 aromatic heterocycles. The number of aryl methyl sites for hydroxylation is 1. The van der Waals surface area contributed by atoms with Crippen molar-refractivity contribution in [1.82, 2.24) is 20.2 Å². The molecule has 0 spiro atoms. The van der Waals surface area contributed by atoms with Crippen molar-refractivity contribution in [1.29, 1.82) is 0 Å². The Kier molecular flexibility index (Phi) is 1.87. The summed E-state index contributed by atoms with van der Waals surface area (Å²) in [6, 6.07) is 5.81. The average molecular weight is 253 g/mol. The molecule has 3 aromatic rings. The number of amides is 1. The van der Waals surface area contributed by atoms with E-state index in [1.54, 1.807) is 0 Å². The number of nitrogens with zero attached hydrogens (tertiary/aromatic N) is 2. The van der Waals surface area contributed by atoms with Crippen molar-refractivity contribution < 1.29 is 4.79 Å². The van der Waals surface area contributed by atoms with Crippen LogP contribution in [0.2, 0.25) is 0 Å². The van der Waals surface area contributed by atoms with Crippen LogP contribution in [0, 0.1) is 6.92 Å². The van der Waals surface area contributed by atoms with Crippen molar-refractivity contribution in [3.05, 3.63) is 29.5 Å². The third kappa shape index (κ3) is 1.53. The number of nitrogens with one attached hydrogen (secondary N) is 3. The smallest absolute Gasteiger partial charge is 0.228 e. The van der Waals surface area contributed by atoms with Gasteiger partial charge in [0.25, 0.3) is 0 Å². The standard InChI is InChI=1S/C13H11N5O/c1-6-2-11(18-17-6)13-15-9-3-7-4-12(19)14-8(7)5-10(9)16-13/h2-3,5H,4H2,1H3,(H,14,19)(H,15,16)(H,17,18). The van der Waals surface area contributed by atoms with E-state index in [1.807, 2.05) is 25.1 Å². The summed E-state index contributed by atoms with van der Waals surface area (Å²) in [4.78, 5) is 19.1. The molecule has 1 amide bonds. The fourth-order valence-electron chi connectivity index (χ4n) is 2.39. The van der Waals surface area contributed by atoms with E-state index in [0.29, 0.717) is 6.42 Å². The lowest BCUT2D eigenvalue weighted by Crippen LogP contribution is -2.03. The van der Waals surface area contributed by atoms with Crippen molar-refractivity contribution in [3.63, 3.8) is 0 Å². The number of aromatic nitrogens is 4. The Labute approximate surface area is 108 Å². The normalized spacial score (nSPS) is 13.8. The van der Waals surface area contributed by atoms with Crippen molar-refractivity contribution in [3.8, 4) is 11.5 Å². The van der Waals surface area contributed by atoms with Gasteiger partial charge in [0.1, 0.15) is 5.69 Å². The zero-order chi connectivity index (χ0) is 13.0. The summed E-state index contributed by atoms with van der Waals surface area (Å²) in [5.74, 6) is 0.764. The first-order valence-corrected chi connectivity index (χ1v) is 6.04. The van der Waals surface area contributed by atoms with Crippen LogP contribution in [-0.4, -0.2) is 26.1 Å². The van der Waals surface area contributed by atoms with Gasteiger partial charge >= 0.3 is 0 Å². The molecule has 6 heteroatoms. The van der Waals surface area contributed by atoms with E-state index in [1.165, 1.54) is 0 Å². The minimum Gasteiger partial charge on any atom is -0.337 e. The Hall–Kier alpha value is -2.63. The number of benzene rings is 1. The number of carbonyl (C=O) groups is 1. The SMILES string of the molecule is Cc1cc(-c2nc3cc4c(cc3[nH]2)CC(=O)N4)n[nH]1. The zero-order valence-electron chi connectivity index (χ0n) is 10.2. The third-order valence-corrected chi connectivity index (χ3v) is 3.28. The summed E-state index contributed by atoms with van der Waals surface area (Å²) in [5.41, 5.74) is 5.39. The second-order valence-electron chi connectivity index (χ2n) is 4.77. The van der Waals surface area contributed by atoms with Crippen molar-refractivity contribution in [2.45, 2.75) is 13.3 Å².